The van der Waals surface area contributed by atoms with E-state index in [0.29, 0.717) is 16.2 Å². The van der Waals surface area contributed by atoms with Gasteiger partial charge in [0.15, 0.2) is 4.64 Å². The van der Waals surface area contributed by atoms with E-state index >= 15 is 0 Å². The van der Waals surface area contributed by atoms with E-state index in [1.54, 1.807) is 6.33 Å². The molecule has 0 aliphatic carbocycles. The number of nitrogens with one attached hydrogen (secondary N) is 3. The first-order valence-corrected chi connectivity index (χ1v) is 9.59. The minimum atomic E-state index is 0.412. The van der Waals surface area contributed by atoms with E-state index in [1.807, 2.05) is 6.92 Å². The molecule has 2 aromatic heterocycles. The number of H-pyrrole nitrogens is 3. The first kappa shape index (κ1) is 14.5. The number of rotatable bonds is 3. The number of hydrogen-bond donors (Lipinski definition) is 3. The first-order chi connectivity index (χ1) is 8.19. The molecule has 5 N–H and O–H groups in total. The molecule has 0 spiro atoms. The van der Waals surface area contributed by atoms with Gasteiger partial charge in [-0.05, 0) is 12.2 Å². The van der Waals surface area contributed by atoms with Crippen LogP contribution < -0.4 is 10.7 Å². The SMILES string of the molecule is CCOC[CH2][Hg].Nc1[nH]c2nc[nH]c2c(=S)[nH+]1. The molecule has 0 amide bonds. The maximum Gasteiger partial charge on any atom is 0.353 e. The van der Waals surface area contributed by atoms with Crippen LogP contribution in [0.25, 0.3) is 11.2 Å². The van der Waals surface area contributed by atoms with Gasteiger partial charge in [0, 0.05) is 0 Å². The molecule has 0 fully saturated rings. The zero-order chi connectivity index (χ0) is 12.7. The zero-order valence-corrected chi connectivity index (χ0v) is 16.1. The van der Waals surface area contributed by atoms with Crippen LogP contribution in [-0.4, -0.2) is 28.2 Å². The number of imidazole rings is 1. The van der Waals surface area contributed by atoms with E-state index in [4.69, 9.17) is 22.7 Å². The summed E-state index contributed by atoms with van der Waals surface area (Å²) < 4.78 is 6.92. The van der Waals surface area contributed by atoms with Crippen LogP contribution in [0.3, 0.4) is 0 Å². The van der Waals surface area contributed by atoms with E-state index in [0.717, 1.165) is 44.9 Å². The van der Waals surface area contributed by atoms with Crippen LogP contribution in [0.15, 0.2) is 6.33 Å². The van der Waals surface area contributed by atoms with Gasteiger partial charge in [0.25, 0.3) is 0 Å². The molecule has 2 rings (SSSR count). The summed E-state index contributed by atoms with van der Waals surface area (Å²) in [6.07, 6.45) is 1.56. The molecule has 0 bridgehead atoms. The van der Waals surface area contributed by atoms with Gasteiger partial charge in [-0.2, -0.15) is 0 Å². The van der Waals surface area contributed by atoms with Crippen LogP contribution in [-0.2, 0) is 30.9 Å². The quantitative estimate of drug-likeness (QED) is 0.376. The van der Waals surface area contributed by atoms with Gasteiger partial charge in [0.05, 0.1) is 6.33 Å². The van der Waals surface area contributed by atoms with Crippen LogP contribution in [0.2, 0.25) is 3.93 Å². The molecule has 0 saturated carbocycles. The van der Waals surface area contributed by atoms with Crippen molar-refractivity contribution in [2.45, 2.75) is 10.9 Å². The smallest absolute Gasteiger partial charge is 0.338 e. The maximum absolute atomic E-state index is 5.45. The van der Waals surface area contributed by atoms with Crippen molar-refractivity contribution in [3.63, 3.8) is 0 Å². The Labute approximate surface area is 120 Å². The minimum Gasteiger partial charge on any atom is -0.338 e. The fourth-order valence-electron chi connectivity index (χ4n) is 1.15. The summed E-state index contributed by atoms with van der Waals surface area (Å²) in [4.78, 5) is 12.4. The molecular weight excluding hydrogens is 427 g/mol. The Morgan fingerprint density at radius 3 is 3.00 bits per heavy atom. The molecule has 0 radical (unpaired) electrons. The van der Waals surface area contributed by atoms with E-state index in [2.05, 4.69) is 19.9 Å². The van der Waals surface area contributed by atoms with Crippen molar-refractivity contribution < 1.29 is 35.8 Å². The molecule has 89 valence electrons. The van der Waals surface area contributed by atoms with Crippen molar-refractivity contribution in [2.75, 3.05) is 18.9 Å². The topological polar surface area (TPSA) is 93.9 Å². The second kappa shape index (κ2) is 7.73. The Bertz CT molecular complexity index is 507. The Kier molecular flexibility index (Phi) is 6.60. The first-order valence-electron chi connectivity index (χ1n) is 5.30. The number of aromatic amines is 3. The molecule has 6 nitrogen and oxygen atoms in total. The third kappa shape index (κ3) is 4.68. The number of fused-ring (bicyclic) bond motifs is 1. The average molecular weight is 442 g/mol. The van der Waals surface area contributed by atoms with E-state index in [1.165, 1.54) is 3.93 Å². The fraction of sp³-hybridized carbons (Fsp3) is 0.444. The minimum absolute atomic E-state index is 0.412. The summed E-state index contributed by atoms with van der Waals surface area (Å²) >= 11 is 5.91. The number of nitrogens with zero attached hydrogens (tertiary/aromatic N) is 1. The third-order valence-corrected chi connectivity index (χ3v) is 3.29. The summed E-state index contributed by atoms with van der Waals surface area (Å²) in [5.74, 6) is 0.412. The third-order valence-electron chi connectivity index (χ3n) is 1.86. The molecule has 0 aliphatic rings. The summed E-state index contributed by atoms with van der Waals surface area (Å²) in [6.45, 7) is 3.92. The average Bonchev–Trinajstić information content (AvgIpc) is 2.75. The number of anilines is 1. The van der Waals surface area contributed by atoms with Crippen molar-refractivity contribution in [3.05, 3.63) is 11.0 Å². The molecule has 8 heteroatoms. The second-order valence-corrected chi connectivity index (χ2v) is 6.33. The van der Waals surface area contributed by atoms with Crippen molar-refractivity contribution in [1.29, 1.82) is 0 Å². The predicted octanol–water partition coefficient (Wildman–Crippen LogP) is 1.00. The fourth-order valence-corrected chi connectivity index (χ4v) is 2.21. The van der Waals surface area contributed by atoms with Crippen LogP contribution in [0.4, 0.5) is 5.95 Å². The Balaban J connectivity index is 0.000000209. The second-order valence-electron chi connectivity index (χ2n) is 3.17. The molecular formula is C9H15HgN5OS+. The molecule has 0 unspecified atom stereocenters. The monoisotopic (exact) mass is 443 g/mol. The molecule has 17 heavy (non-hydrogen) atoms. The van der Waals surface area contributed by atoms with Gasteiger partial charge in [0.2, 0.25) is 5.65 Å². The van der Waals surface area contributed by atoms with Crippen molar-refractivity contribution in [3.8, 4) is 0 Å². The molecule has 0 saturated heterocycles. The van der Waals surface area contributed by atoms with E-state index < -0.39 is 0 Å². The zero-order valence-electron chi connectivity index (χ0n) is 9.75. The van der Waals surface area contributed by atoms with E-state index in [-0.39, 0.29) is 0 Å². The number of nitrogens with two attached hydrogens (primary N) is 1. The largest absolute Gasteiger partial charge is 0.353 e. The number of hydrogen-bond acceptors (Lipinski definition) is 4. The van der Waals surface area contributed by atoms with Gasteiger partial charge >= 0.3 is 60.9 Å². The predicted molar refractivity (Wildman–Crippen MR) is 63.5 cm³/mol. The van der Waals surface area contributed by atoms with Gasteiger partial charge in [-0.15, -0.1) is 0 Å². The maximum atomic E-state index is 5.45. The number of nitrogen functional groups attached to an aromatic ring is 1. The normalized spacial score (nSPS) is 10.1. The van der Waals surface area contributed by atoms with Crippen LogP contribution in [0, 0.1) is 4.64 Å². The summed E-state index contributed by atoms with van der Waals surface area (Å²) in [7, 11) is 0. The molecule has 0 atom stereocenters. The van der Waals surface area contributed by atoms with Gasteiger partial charge < -0.3 is 4.98 Å². The van der Waals surface area contributed by atoms with Gasteiger partial charge in [-0.3, -0.25) is 5.73 Å². The van der Waals surface area contributed by atoms with Crippen LogP contribution >= 0.6 is 12.2 Å². The molecule has 2 heterocycles. The van der Waals surface area contributed by atoms with Crippen molar-refractivity contribution >= 4 is 29.3 Å². The summed E-state index contributed by atoms with van der Waals surface area (Å²) in [5, 5.41) is 0. The number of aromatic nitrogens is 4. The standard InChI is InChI=1S/C5H5N5S.C4H9O.Hg/c6-5-9-3-2(4(11)10-5)7-1-8-3;1-3-5-4-2;/h1H,(H4,6,7,8,9,10,11);1,3-4H2,2H3;/p+1. The Hall–Kier alpha value is -0.535. The van der Waals surface area contributed by atoms with Crippen molar-refractivity contribution in [2.24, 2.45) is 0 Å². The molecule has 2 aromatic rings. The summed E-state index contributed by atoms with van der Waals surface area (Å²) in [5.41, 5.74) is 6.90. The molecule has 0 aromatic carbocycles. The van der Waals surface area contributed by atoms with Crippen LogP contribution in [0.1, 0.15) is 6.92 Å². The number of ether oxygens (including phenoxy) is 1. The van der Waals surface area contributed by atoms with Gasteiger partial charge in [-0.25, -0.2) is 15.0 Å². The van der Waals surface area contributed by atoms with Gasteiger partial charge in [-0.1, -0.05) is 0 Å². The Morgan fingerprint density at radius 2 is 2.41 bits per heavy atom. The van der Waals surface area contributed by atoms with Gasteiger partial charge in [0.1, 0.15) is 5.52 Å². The Morgan fingerprint density at radius 1 is 1.65 bits per heavy atom. The van der Waals surface area contributed by atoms with Crippen molar-refractivity contribution in [1.82, 2.24) is 15.0 Å². The van der Waals surface area contributed by atoms with E-state index in [9.17, 15) is 0 Å². The molecule has 0 aliphatic heterocycles. The summed E-state index contributed by atoms with van der Waals surface area (Å²) in [6, 6.07) is 0. The van der Waals surface area contributed by atoms with Crippen LogP contribution in [0.5, 0.6) is 0 Å².